The molecule has 260 valence electrons. The van der Waals surface area contributed by atoms with Crippen molar-refractivity contribution < 1.29 is 19.4 Å². The fourth-order valence-electron chi connectivity index (χ4n) is 9.41. The first-order chi connectivity index (χ1) is 24.4. The maximum absolute atomic E-state index is 13.2. The van der Waals surface area contributed by atoms with Gasteiger partial charge in [0.25, 0.3) is 0 Å². The van der Waals surface area contributed by atoms with Crippen LogP contribution in [-0.2, 0) is 22.6 Å². The van der Waals surface area contributed by atoms with Crippen LogP contribution in [0.3, 0.4) is 0 Å². The molecule has 50 heavy (non-hydrogen) atoms. The summed E-state index contributed by atoms with van der Waals surface area (Å²) in [5, 5.41) is 17.2. The third-order valence-corrected chi connectivity index (χ3v) is 12.6. The molecule has 1 aliphatic heterocycles. The maximum atomic E-state index is 13.2. The molecule has 5 aliphatic rings. The van der Waals surface area contributed by atoms with E-state index in [1.165, 1.54) is 19.3 Å². The van der Waals surface area contributed by atoms with Crippen molar-refractivity contribution in [1.29, 1.82) is 0 Å². The number of nitrogens with one attached hydrogen (secondary N) is 2. The predicted molar refractivity (Wildman–Crippen MR) is 196 cm³/mol. The van der Waals surface area contributed by atoms with Gasteiger partial charge in [-0.05, 0) is 96.2 Å². The molecule has 4 aromatic rings. The van der Waals surface area contributed by atoms with E-state index in [1.54, 1.807) is 11.8 Å². The van der Waals surface area contributed by atoms with Crippen LogP contribution in [0.5, 0.6) is 0 Å². The number of nitrogens with zero attached hydrogens (tertiary/aromatic N) is 1. The number of aliphatic hydroxyl groups is 1. The van der Waals surface area contributed by atoms with E-state index >= 15 is 0 Å². The lowest BCUT2D eigenvalue weighted by molar-refractivity contribution is -0.268. The molecule has 2 heterocycles. The van der Waals surface area contributed by atoms with Gasteiger partial charge in [0.1, 0.15) is 0 Å². The van der Waals surface area contributed by atoms with Gasteiger partial charge in [0.2, 0.25) is 0 Å². The molecule has 1 aromatic heterocycles. The van der Waals surface area contributed by atoms with Gasteiger partial charge in [-0.15, -0.1) is 11.8 Å². The van der Waals surface area contributed by atoms with Crippen LogP contribution in [0, 0.1) is 23.7 Å². The highest BCUT2D eigenvalue weighted by atomic mass is 32.2. The Balaban J connectivity index is 0.962. The van der Waals surface area contributed by atoms with Crippen LogP contribution in [-0.4, -0.2) is 33.5 Å². The zero-order valence-electron chi connectivity index (χ0n) is 28.7. The number of aliphatic hydroxyl groups excluding tert-OH is 1. The summed E-state index contributed by atoms with van der Waals surface area (Å²) in [5.41, 5.74) is 6.15. The number of hydrogen-bond acceptors (Lipinski definition) is 6. The molecule has 4 aliphatic carbocycles. The molecule has 9 rings (SSSR count). The van der Waals surface area contributed by atoms with E-state index in [2.05, 4.69) is 71.1 Å². The van der Waals surface area contributed by atoms with E-state index in [9.17, 15) is 9.90 Å². The fraction of sp³-hybridized carbons (Fsp3) is 0.429. The Hall–Kier alpha value is -3.69. The summed E-state index contributed by atoms with van der Waals surface area (Å²) in [6, 6.07) is 30.7. The summed E-state index contributed by atoms with van der Waals surface area (Å²) in [6.07, 6.45) is 8.54. The number of thioether (sulfide) groups is 1. The molecular weight excluding hydrogens is 643 g/mol. The third kappa shape index (κ3) is 7.22. The molecule has 5 fully saturated rings. The number of carbonyl (C=O) groups is 1. The van der Waals surface area contributed by atoms with E-state index in [0.717, 1.165) is 81.2 Å². The quantitative estimate of drug-likeness (QED) is 0.145. The Bertz CT molecular complexity index is 1730. The van der Waals surface area contributed by atoms with Gasteiger partial charge >= 0.3 is 6.03 Å². The van der Waals surface area contributed by atoms with E-state index in [-0.39, 0.29) is 36.3 Å². The summed E-state index contributed by atoms with van der Waals surface area (Å²) in [5.74, 6) is 3.22. The number of urea groups is 1. The van der Waals surface area contributed by atoms with Gasteiger partial charge in [-0.1, -0.05) is 85.8 Å². The van der Waals surface area contributed by atoms with Crippen molar-refractivity contribution >= 4 is 17.8 Å². The zero-order valence-corrected chi connectivity index (χ0v) is 29.5. The number of aromatic nitrogens is 1. The van der Waals surface area contributed by atoms with Gasteiger partial charge in [0.15, 0.2) is 6.29 Å². The smallest absolute Gasteiger partial charge is 0.315 e. The van der Waals surface area contributed by atoms with E-state index in [4.69, 9.17) is 9.47 Å². The highest BCUT2D eigenvalue weighted by Crippen LogP contribution is 2.55. The monoisotopic (exact) mass is 689 g/mol. The number of amides is 2. The number of rotatable bonds is 10. The second-order valence-electron chi connectivity index (χ2n) is 15.1. The molecular formula is C42H47N3O4S. The average molecular weight is 690 g/mol. The van der Waals surface area contributed by atoms with Crippen LogP contribution in [0.1, 0.15) is 80.1 Å². The highest BCUT2D eigenvalue weighted by molar-refractivity contribution is 7.99. The topological polar surface area (TPSA) is 92.7 Å². The zero-order chi connectivity index (χ0) is 34.1. The van der Waals surface area contributed by atoms with E-state index < -0.39 is 6.29 Å². The van der Waals surface area contributed by atoms with Crippen molar-refractivity contribution in [3.8, 4) is 11.1 Å². The molecule has 3 N–H and O–H groups in total. The van der Waals surface area contributed by atoms with Gasteiger partial charge in [-0.2, -0.15) is 0 Å². The second-order valence-corrected chi connectivity index (χ2v) is 16.1. The lowest BCUT2D eigenvalue weighted by Gasteiger charge is -2.56. The Kier molecular flexibility index (Phi) is 9.71. The van der Waals surface area contributed by atoms with E-state index in [1.807, 2.05) is 48.7 Å². The van der Waals surface area contributed by atoms with Crippen molar-refractivity contribution in [2.24, 2.45) is 23.7 Å². The Morgan fingerprint density at radius 3 is 2.22 bits per heavy atom. The van der Waals surface area contributed by atoms with Crippen molar-refractivity contribution in [2.75, 3.05) is 5.75 Å². The minimum atomic E-state index is -0.540. The molecule has 4 atom stereocenters. The fourth-order valence-corrected chi connectivity index (χ4v) is 10.4. The lowest BCUT2D eigenvalue weighted by atomic mass is 9.53. The predicted octanol–water partition coefficient (Wildman–Crippen LogP) is 8.59. The number of carbonyl (C=O) groups excluding carboxylic acids is 1. The van der Waals surface area contributed by atoms with Crippen molar-refractivity contribution in [1.82, 2.24) is 15.6 Å². The van der Waals surface area contributed by atoms with Crippen LogP contribution < -0.4 is 10.6 Å². The maximum Gasteiger partial charge on any atom is 0.315 e. The molecule has 4 bridgehead atoms. The molecule has 4 saturated carbocycles. The molecule has 0 spiro atoms. The van der Waals surface area contributed by atoms with Gasteiger partial charge in [0.05, 0.1) is 23.8 Å². The van der Waals surface area contributed by atoms with Crippen molar-refractivity contribution in [3.05, 3.63) is 119 Å². The van der Waals surface area contributed by atoms with Crippen LogP contribution >= 0.6 is 11.8 Å². The summed E-state index contributed by atoms with van der Waals surface area (Å²) in [6.45, 7) is 2.66. The lowest BCUT2D eigenvalue weighted by Crippen LogP contribution is -2.61. The minimum Gasteiger partial charge on any atom is -0.392 e. The first-order valence-electron chi connectivity index (χ1n) is 18.2. The largest absolute Gasteiger partial charge is 0.392 e. The SMILES string of the molecule is C[C@H]1[C@@H](CSc2ccccn2)O[C@@H](c2ccc(-c3ccccc3CNC(=O)NC34CC5CC(CC(C5)C3)C4)cc2)O[C@H]1c1ccc(CO)cc1. The summed E-state index contributed by atoms with van der Waals surface area (Å²) >= 11 is 1.70. The number of pyridine rings is 1. The highest BCUT2D eigenvalue weighted by Gasteiger charge is 2.51. The third-order valence-electron chi connectivity index (χ3n) is 11.5. The first kappa shape index (κ1) is 33.5. The summed E-state index contributed by atoms with van der Waals surface area (Å²) in [7, 11) is 0. The first-order valence-corrected chi connectivity index (χ1v) is 19.2. The van der Waals surface area contributed by atoms with Crippen LogP contribution in [0.4, 0.5) is 4.79 Å². The standard InChI is InChI=1S/C42H47N3O4S/c1-27-37(26-50-38-8-4-5-17-43-38)48-40(49-39(27)33-11-9-28(25-46)10-12-33)34-15-13-32(14-16-34)36-7-3-2-6-35(36)24-44-41(47)45-42-21-29-18-30(22-42)20-31(19-29)23-42/h2-17,27,29-31,37,39-40,46H,18-26H2,1H3,(H2,44,45,47)/t27-,29?,30?,31?,37+,39+,40+,42?/m0/s1. The summed E-state index contributed by atoms with van der Waals surface area (Å²) < 4.78 is 13.4. The van der Waals surface area contributed by atoms with Gasteiger partial charge in [-0.25, -0.2) is 9.78 Å². The van der Waals surface area contributed by atoms with Crippen LogP contribution in [0.15, 0.2) is 102 Å². The van der Waals surface area contributed by atoms with Crippen molar-refractivity contribution in [2.45, 2.75) is 87.7 Å². The number of ether oxygens (including phenoxy) is 2. The van der Waals surface area contributed by atoms with Gasteiger partial charge in [-0.3, -0.25) is 0 Å². The van der Waals surface area contributed by atoms with Crippen LogP contribution in [0.2, 0.25) is 0 Å². The van der Waals surface area contributed by atoms with Gasteiger partial charge in [0, 0.05) is 35.5 Å². The molecule has 1 saturated heterocycles. The minimum absolute atomic E-state index is 0.00669. The van der Waals surface area contributed by atoms with Crippen LogP contribution in [0.25, 0.3) is 11.1 Å². The molecule has 0 radical (unpaired) electrons. The second kappa shape index (κ2) is 14.5. The molecule has 2 amide bonds. The Morgan fingerprint density at radius 1 is 0.860 bits per heavy atom. The van der Waals surface area contributed by atoms with Gasteiger partial charge < -0.3 is 25.2 Å². The Labute approximate surface area is 299 Å². The molecule has 7 nitrogen and oxygen atoms in total. The van der Waals surface area contributed by atoms with Crippen molar-refractivity contribution in [3.63, 3.8) is 0 Å². The molecule has 3 aromatic carbocycles. The average Bonchev–Trinajstić information content (AvgIpc) is 3.13. The normalized spacial score (nSPS) is 29.8. The summed E-state index contributed by atoms with van der Waals surface area (Å²) in [4.78, 5) is 17.7. The molecule has 8 heteroatoms. The molecule has 0 unspecified atom stereocenters. The number of hydrogen-bond donors (Lipinski definition) is 3. The Morgan fingerprint density at radius 2 is 1.54 bits per heavy atom. The number of benzene rings is 3. The van der Waals surface area contributed by atoms with E-state index in [0.29, 0.717) is 6.54 Å².